The number of rotatable bonds is 4. The molecule has 0 saturated heterocycles. The molecular weight excluding hydrogens is 301 g/mol. The minimum atomic E-state index is -4.34. The monoisotopic (exact) mass is 316 g/mol. The zero-order valence-corrected chi connectivity index (χ0v) is 12.4. The fraction of sp³-hybridized carbons (Fsp3) is 0.429. The van der Waals surface area contributed by atoms with Crippen LogP contribution in [-0.4, -0.2) is 14.7 Å². The third kappa shape index (κ3) is 3.79. The number of halogens is 3. The van der Waals surface area contributed by atoms with E-state index in [4.69, 9.17) is 0 Å². The molecule has 114 valence electrons. The Hall–Kier alpha value is -1.47. The second-order valence-corrected chi connectivity index (χ2v) is 5.88. The maximum Gasteiger partial charge on any atom is 0.416 e. The van der Waals surface area contributed by atoms with Gasteiger partial charge in [-0.25, -0.2) is 0 Å². The number of aliphatic hydroxyl groups excluding tert-OH is 1. The summed E-state index contributed by atoms with van der Waals surface area (Å²) in [7, 11) is 0. The van der Waals surface area contributed by atoms with Gasteiger partial charge in [0, 0.05) is 6.42 Å². The Balaban J connectivity index is 2.12. The Morgan fingerprint density at radius 3 is 2.33 bits per heavy atom. The lowest BCUT2D eigenvalue weighted by Crippen LogP contribution is -2.06. The molecule has 3 nitrogen and oxygen atoms in total. The van der Waals surface area contributed by atoms with Crippen LogP contribution < -0.4 is 0 Å². The predicted octanol–water partition coefficient (Wildman–Crippen LogP) is 3.96. The lowest BCUT2D eigenvalue weighted by atomic mass is 10.0. The third-order valence-corrected chi connectivity index (χ3v) is 3.94. The fourth-order valence-electron chi connectivity index (χ4n) is 1.98. The molecule has 0 amide bonds. The molecule has 1 heterocycles. The zero-order chi connectivity index (χ0) is 15.6. The highest BCUT2D eigenvalue weighted by atomic mass is 32.1. The van der Waals surface area contributed by atoms with E-state index in [2.05, 4.69) is 9.59 Å². The molecule has 0 saturated carbocycles. The van der Waals surface area contributed by atoms with Crippen molar-refractivity contribution in [2.24, 2.45) is 0 Å². The van der Waals surface area contributed by atoms with Crippen LogP contribution in [0.5, 0.6) is 0 Å². The van der Waals surface area contributed by atoms with Crippen LogP contribution >= 0.6 is 11.5 Å². The highest BCUT2D eigenvalue weighted by Gasteiger charge is 2.30. The summed E-state index contributed by atoms with van der Waals surface area (Å²) in [4.78, 5) is 0.671. The first-order valence-electron chi connectivity index (χ1n) is 6.45. The molecule has 2 aromatic rings. The van der Waals surface area contributed by atoms with Crippen LogP contribution in [0.1, 0.15) is 47.6 Å². The van der Waals surface area contributed by atoms with Crippen molar-refractivity contribution in [1.82, 2.24) is 9.59 Å². The summed E-state index contributed by atoms with van der Waals surface area (Å²) in [6.45, 7) is 3.90. The molecule has 1 unspecified atom stereocenters. The second-order valence-electron chi connectivity index (χ2n) is 5.09. The number of hydrogen-bond acceptors (Lipinski definition) is 4. The predicted molar refractivity (Wildman–Crippen MR) is 74.1 cm³/mol. The molecule has 0 aliphatic heterocycles. The van der Waals surface area contributed by atoms with Gasteiger partial charge < -0.3 is 5.11 Å². The lowest BCUT2D eigenvalue weighted by molar-refractivity contribution is -0.137. The van der Waals surface area contributed by atoms with Gasteiger partial charge in [0.25, 0.3) is 0 Å². The van der Waals surface area contributed by atoms with E-state index in [9.17, 15) is 18.3 Å². The molecule has 21 heavy (non-hydrogen) atoms. The van der Waals surface area contributed by atoms with Crippen LogP contribution in [0, 0.1) is 0 Å². The number of aliphatic hydroxyl groups is 1. The minimum Gasteiger partial charge on any atom is -0.387 e. The topological polar surface area (TPSA) is 46.0 Å². The lowest BCUT2D eigenvalue weighted by Gasteiger charge is -2.12. The summed E-state index contributed by atoms with van der Waals surface area (Å²) in [5.74, 6) is 0.140. The molecule has 1 N–H and O–H groups in total. The van der Waals surface area contributed by atoms with Crippen LogP contribution in [0.25, 0.3) is 0 Å². The van der Waals surface area contributed by atoms with Crippen molar-refractivity contribution in [3.8, 4) is 0 Å². The van der Waals surface area contributed by atoms with Crippen molar-refractivity contribution >= 4 is 11.5 Å². The first-order valence-corrected chi connectivity index (χ1v) is 7.22. The van der Waals surface area contributed by atoms with Crippen molar-refractivity contribution < 1.29 is 18.3 Å². The van der Waals surface area contributed by atoms with E-state index >= 15 is 0 Å². The van der Waals surface area contributed by atoms with Gasteiger partial charge in [-0.15, -0.1) is 5.10 Å². The van der Waals surface area contributed by atoms with Crippen molar-refractivity contribution in [2.75, 3.05) is 0 Å². The third-order valence-electron chi connectivity index (χ3n) is 3.10. The Bertz CT molecular complexity index is 593. The number of benzene rings is 1. The first kappa shape index (κ1) is 15.9. The van der Waals surface area contributed by atoms with Crippen LogP contribution in [0.2, 0.25) is 0 Å². The maximum atomic E-state index is 12.5. The molecule has 0 spiro atoms. The molecule has 2 rings (SSSR count). The second kappa shape index (κ2) is 6.11. The smallest absolute Gasteiger partial charge is 0.387 e. The van der Waals surface area contributed by atoms with Gasteiger partial charge in [-0.2, -0.15) is 13.2 Å². The standard InChI is InChI=1S/C14H15F3N2OS/c1-8(2)12-13(21-19-18-12)11(20)7-9-3-5-10(6-4-9)14(15,16)17/h3-6,8,11,20H,7H2,1-2H3. The summed E-state index contributed by atoms with van der Waals surface area (Å²) in [5.41, 5.74) is 0.682. The summed E-state index contributed by atoms with van der Waals surface area (Å²) < 4.78 is 41.3. The molecule has 1 aromatic carbocycles. The molecule has 1 aromatic heterocycles. The van der Waals surface area contributed by atoms with Gasteiger partial charge in [0.05, 0.1) is 22.2 Å². The molecule has 0 fully saturated rings. The first-order chi connectivity index (χ1) is 9.79. The summed E-state index contributed by atoms with van der Waals surface area (Å²) >= 11 is 1.12. The molecule has 0 aliphatic rings. The Morgan fingerprint density at radius 2 is 1.81 bits per heavy atom. The van der Waals surface area contributed by atoms with E-state index in [0.29, 0.717) is 10.4 Å². The molecule has 0 bridgehead atoms. The van der Waals surface area contributed by atoms with E-state index in [0.717, 1.165) is 29.4 Å². The maximum absolute atomic E-state index is 12.5. The zero-order valence-electron chi connectivity index (χ0n) is 11.6. The van der Waals surface area contributed by atoms with Gasteiger partial charge in [-0.05, 0) is 35.1 Å². The Morgan fingerprint density at radius 1 is 1.19 bits per heavy atom. The van der Waals surface area contributed by atoms with Crippen molar-refractivity contribution in [2.45, 2.75) is 38.5 Å². The normalized spacial score (nSPS) is 13.7. The van der Waals surface area contributed by atoms with Crippen molar-refractivity contribution in [1.29, 1.82) is 0 Å². The highest BCUT2D eigenvalue weighted by Crippen LogP contribution is 2.31. The Kier molecular flexibility index (Phi) is 4.63. The van der Waals surface area contributed by atoms with E-state index in [-0.39, 0.29) is 12.3 Å². The summed E-state index contributed by atoms with van der Waals surface area (Å²) in [6, 6.07) is 4.82. The number of aromatic nitrogens is 2. The highest BCUT2D eigenvalue weighted by molar-refractivity contribution is 7.05. The average molecular weight is 316 g/mol. The SMILES string of the molecule is CC(C)c1nnsc1C(O)Cc1ccc(C(F)(F)F)cc1. The Labute approximate surface area is 124 Å². The van der Waals surface area contributed by atoms with Gasteiger partial charge in [0.1, 0.15) is 0 Å². The van der Waals surface area contributed by atoms with Gasteiger partial charge in [0.2, 0.25) is 0 Å². The fourth-order valence-corrected chi connectivity index (χ4v) is 2.77. The summed E-state index contributed by atoms with van der Waals surface area (Å²) in [6.07, 6.45) is -4.91. The largest absolute Gasteiger partial charge is 0.416 e. The number of nitrogens with zero attached hydrogens (tertiary/aromatic N) is 2. The molecular formula is C14H15F3N2OS. The number of hydrogen-bond donors (Lipinski definition) is 1. The quantitative estimate of drug-likeness (QED) is 0.929. The molecule has 7 heteroatoms. The molecule has 0 aliphatic carbocycles. The molecule has 0 radical (unpaired) electrons. The van der Waals surface area contributed by atoms with E-state index in [1.54, 1.807) is 0 Å². The minimum absolute atomic E-state index is 0.140. The van der Waals surface area contributed by atoms with Gasteiger partial charge >= 0.3 is 6.18 Å². The van der Waals surface area contributed by atoms with Gasteiger partial charge in [-0.3, -0.25) is 0 Å². The van der Waals surface area contributed by atoms with E-state index in [1.807, 2.05) is 13.8 Å². The van der Waals surface area contributed by atoms with Crippen LogP contribution in [0.4, 0.5) is 13.2 Å². The number of alkyl halides is 3. The van der Waals surface area contributed by atoms with Gasteiger partial charge in [-0.1, -0.05) is 30.5 Å². The molecule has 1 atom stereocenters. The van der Waals surface area contributed by atoms with Gasteiger partial charge in [0.15, 0.2) is 0 Å². The van der Waals surface area contributed by atoms with Crippen LogP contribution in [-0.2, 0) is 12.6 Å². The summed E-state index contributed by atoms with van der Waals surface area (Å²) in [5, 5.41) is 14.2. The van der Waals surface area contributed by atoms with Crippen LogP contribution in [0.3, 0.4) is 0 Å². The van der Waals surface area contributed by atoms with E-state index < -0.39 is 17.8 Å². The van der Waals surface area contributed by atoms with Crippen LogP contribution in [0.15, 0.2) is 24.3 Å². The van der Waals surface area contributed by atoms with Crippen molar-refractivity contribution in [3.05, 3.63) is 46.0 Å². The van der Waals surface area contributed by atoms with E-state index in [1.165, 1.54) is 12.1 Å². The average Bonchev–Trinajstić information content (AvgIpc) is 2.87. The van der Waals surface area contributed by atoms with Crippen molar-refractivity contribution in [3.63, 3.8) is 0 Å².